The second-order valence-corrected chi connectivity index (χ2v) is 7.58. The number of aromatic nitrogens is 6. The first-order chi connectivity index (χ1) is 15.3. The normalized spacial score (nSPS) is 16.1. The minimum absolute atomic E-state index is 0.0279. The number of aryl methyl sites for hydroxylation is 1. The molecule has 9 heteroatoms. The Labute approximate surface area is 179 Å². The van der Waals surface area contributed by atoms with Gasteiger partial charge in [-0.3, -0.25) is 4.79 Å². The topological polar surface area (TPSA) is 93.2 Å². The van der Waals surface area contributed by atoms with Gasteiger partial charge in [0, 0.05) is 50.6 Å². The Hall–Kier alpha value is -3.75. The Morgan fingerprint density at radius 1 is 1.13 bits per heavy atom. The maximum atomic E-state index is 13.0. The third-order valence-corrected chi connectivity index (χ3v) is 5.59. The van der Waals surface area contributed by atoms with E-state index >= 15 is 0 Å². The van der Waals surface area contributed by atoms with Crippen LogP contribution in [0.1, 0.15) is 41.6 Å². The number of anilines is 1. The van der Waals surface area contributed by atoms with Gasteiger partial charge in [0.15, 0.2) is 5.69 Å². The SMILES string of the molecule is O=C(NCCCn1ccnc1)c1nc(C2CCCN2c2ncccn2)n2ccccc12. The van der Waals surface area contributed by atoms with E-state index in [1.54, 1.807) is 24.9 Å². The molecule has 1 aliphatic heterocycles. The van der Waals surface area contributed by atoms with Gasteiger partial charge in [0.2, 0.25) is 5.95 Å². The minimum Gasteiger partial charge on any atom is -0.351 e. The van der Waals surface area contributed by atoms with E-state index in [-0.39, 0.29) is 11.9 Å². The summed E-state index contributed by atoms with van der Waals surface area (Å²) in [6.45, 7) is 2.25. The van der Waals surface area contributed by atoms with Gasteiger partial charge in [0.1, 0.15) is 5.82 Å². The predicted octanol–water partition coefficient (Wildman–Crippen LogP) is 2.48. The van der Waals surface area contributed by atoms with Gasteiger partial charge in [-0.15, -0.1) is 0 Å². The number of nitrogens with one attached hydrogen (secondary N) is 1. The number of fused-ring (bicyclic) bond motifs is 1. The highest BCUT2D eigenvalue weighted by Gasteiger charge is 2.32. The lowest BCUT2D eigenvalue weighted by molar-refractivity contribution is 0.0949. The molecule has 1 N–H and O–H groups in total. The highest BCUT2D eigenvalue weighted by molar-refractivity contribution is 5.99. The first-order valence-corrected chi connectivity index (χ1v) is 10.6. The molecule has 1 saturated heterocycles. The second kappa shape index (κ2) is 8.55. The van der Waals surface area contributed by atoms with Crippen molar-refractivity contribution in [2.45, 2.75) is 31.8 Å². The maximum absolute atomic E-state index is 13.0. The molecule has 9 nitrogen and oxygen atoms in total. The number of rotatable bonds is 7. The fourth-order valence-corrected chi connectivity index (χ4v) is 4.14. The second-order valence-electron chi connectivity index (χ2n) is 7.58. The first-order valence-electron chi connectivity index (χ1n) is 10.6. The minimum atomic E-state index is -0.152. The van der Waals surface area contributed by atoms with Crippen LogP contribution in [0.15, 0.2) is 61.6 Å². The lowest BCUT2D eigenvalue weighted by Crippen LogP contribution is -2.27. The van der Waals surface area contributed by atoms with Gasteiger partial charge in [0.25, 0.3) is 5.91 Å². The average molecular weight is 416 g/mol. The highest BCUT2D eigenvalue weighted by atomic mass is 16.1. The molecule has 5 heterocycles. The van der Waals surface area contributed by atoms with Gasteiger partial charge in [-0.05, 0) is 37.5 Å². The molecule has 4 aromatic rings. The summed E-state index contributed by atoms with van der Waals surface area (Å²) in [5.74, 6) is 1.40. The monoisotopic (exact) mass is 416 g/mol. The number of carbonyl (C=O) groups excluding carboxylic acids is 1. The number of hydrogen-bond acceptors (Lipinski definition) is 6. The summed E-state index contributed by atoms with van der Waals surface area (Å²) in [5.41, 5.74) is 1.27. The summed E-state index contributed by atoms with van der Waals surface area (Å²) >= 11 is 0. The van der Waals surface area contributed by atoms with Crippen LogP contribution in [0.5, 0.6) is 0 Å². The summed E-state index contributed by atoms with van der Waals surface area (Å²) in [6, 6.07) is 7.68. The molecule has 0 radical (unpaired) electrons. The van der Waals surface area contributed by atoms with E-state index in [0.29, 0.717) is 18.2 Å². The van der Waals surface area contributed by atoms with Gasteiger partial charge in [-0.25, -0.2) is 19.9 Å². The van der Waals surface area contributed by atoms with Crippen LogP contribution < -0.4 is 10.2 Å². The molecule has 1 atom stereocenters. The summed E-state index contributed by atoms with van der Waals surface area (Å²) in [7, 11) is 0. The molecule has 0 aromatic carbocycles. The van der Waals surface area contributed by atoms with E-state index in [1.165, 1.54) is 0 Å². The molecule has 1 aliphatic rings. The fourth-order valence-electron chi connectivity index (χ4n) is 4.14. The van der Waals surface area contributed by atoms with Gasteiger partial charge < -0.3 is 19.2 Å². The lowest BCUT2D eigenvalue weighted by Gasteiger charge is -2.23. The molecule has 0 spiro atoms. The van der Waals surface area contributed by atoms with E-state index in [4.69, 9.17) is 4.98 Å². The van der Waals surface area contributed by atoms with Crippen LogP contribution >= 0.6 is 0 Å². The van der Waals surface area contributed by atoms with E-state index < -0.39 is 0 Å². The van der Waals surface area contributed by atoms with Crippen LogP contribution in [-0.2, 0) is 6.54 Å². The zero-order valence-corrected chi connectivity index (χ0v) is 17.1. The maximum Gasteiger partial charge on any atom is 0.272 e. The van der Waals surface area contributed by atoms with Crippen molar-refractivity contribution in [2.75, 3.05) is 18.0 Å². The van der Waals surface area contributed by atoms with Crippen molar-refractivity contribution in [3.05, 3.63) is 73.1 Å². The largest absolute Gasteiger partial charge is 0.351 e. The Kier molecular flexibility index (Phi) is 5.30. The molecule has 0 saturated carbocycles. The number of pyridine rings is 1. The summed E-state index contributed by atoms with van der Waals surface area (Å²) in [5, 5.41) is 3.01. The lowest BCUT2D eigenvalue weighted by atomic mass is 10.2. The zero-order valence-electron chi connectivity index (χ0n) is 17.1. The van der Waals surface area contributed by atoms with Crippen LogP contribution in [0, 0.1) is 0 Å². The van der Waals surface area contributed by atoms with Crippen molar-refractivity contribution in [2.24, 2.45) is 0 Å². The summed E-state index contributed by atoms with van der Waals surface area (Å²) < 4.78 is 4.02. The van der Waals surface area contributed by atoms with Crippen molar-refractivity contribution in [1.29, 1.82) is 0 Å². The molecule has 31 heavy (non-hydrogen) atoms. The van der Waals surface area contributed by atoms with Crippen molar-refractivity contribution < 1.29 is 4.79 Å². The summed E-state index contributed by atoms with van der Waals surface area (Å²) in [4.78, 5) is 32.8. The van der Waals surface area contributed by atoms with Crippen LogP contribution in [0.4, 0.5) is 5.95 Å². The highest BCUT2D eigenvalue weighted by Crippen LogP contribution is 2.34. The van der Waals surface area contributed by atoms with Crippen molar-refractivity contribution in [3.63, 3.8) is 0 Å². The molecule has 5 rings (SSSR count). The Morgan fingerprint density at radius 2 is 2.03 bits per heavy atom. The number of imidazole rings is 2. The Morgan fingerprint density at radius 3 is 2.87 bits per heavy atom. The van der Waals surface area contributed by atoms with Crippen LogP contribution in [0.3, 0.4) is 0 Å². The smallest absolute Gasteiger partial charge is 0.272 e. The number of carbonyl (C=O) groups is 1. The van der Waals surface area contributed by atoms with Crippen LogP contribution in [0.2, 0.25) is 0 Å². The molecular weight excluding hydrogens is 392 g/mol. The molecule has 0 aliphatic carbocycles. The quantitative estimate of drug-likeness (QED) is 0.465. The number of hydrogen-bond donors (Lipinski definition) is 1. The number of nitrogens with zero attached hydrogens (tertiary/aromatic N) is 7. The number of amides is 1. The average Bonchev–Trinajstić information content (AvgIpc) is 3.56. The molecular formula is C22H24N8O. The predicted molar refractivity (Wildman–Crippen MR) is 116 cm³/mol. The molecule has 4 aromatic heterocycles. The van der Waals surface area contributed by atoms with Crippen molar-refractivity contribution in [3.8, 4) is 0 Å². The van der Waals surface area contributed by atoms with Gasteiger partial charge in [-0.1, -0.05) is 6.07 Å². The fraction of sp³-hybridized carbons (Fsp3) is 0.318. The summed E-state index contributed by atoms with van der Waals surface area (Å²) in [6.07, 6.45) is 13.7. The Bertz CT molecular complexity index is 1150. The van der Waals surface area contributed by atoms with Gasteiger partial charge >= 0.3 is 0 Å². The van der Waals surface area contributed by atoms with Crippen molar-refractivity contribution in [1.82, 2.24) is 34.2 Å². The molecule has 158 valence electrons. The van der Waals surface area contributed by atoms with Gasteiger partial charge in [-0.2, -0.15) is 0 Å². The molecule has 1 amide bonds. The molecule has 0 bridgehead atoms. The molecule has 1 fully saturated rings. The molecule has 1 unspecified atom stereocenters. The van der Waals surface area contributed by atoms with E-state index in [1.807, 2.05) is 45.6 Å². The van der Waals surface area contributed by atoms with E-state index in [2.05, 4.69) is 25.2 Å². The zero-order chi connectivity index (χ0) is 21.0. The Balaban J connectivity index is 1.37. The van der Waals surface area contributed by atoms with Crippen molar-refractivity contribution >= 4 is 17.4 Å². The van der Waals surface area contributed by atoms with E-state index in [0.717, 1.165) is 43.7 Å². The third kappa shape index (κ3) is 3.86. The third-order valence-electron chi connectivity index (χ3n) is 5.59. The van der Waals surface area contributed by atoms with Crippen LogP contribution in [-0.4, -0.2) is 47.9 Å². The standard InChI is InChI=1S/C22H24N8O/c31-21(24-10-5-12-28-15-11-23-16-28)19-17-6-1-2-13-29(17)20(27-19)18-7-3-14-30(18)22-25-8-4-9-26-22/h1-2,4,6,8-9,11,13,15-16,18H,3,5,7,10,12,14H2,(H,24,31). The van der Waals surface area contributed by atoms with Crippen LogP contribution in [0.25, 0.3) is 5.52 Å². The first kappa shape index (κ1) is 19.2. The van der Waals surface area contributed by atoms with Gasteiger partial charge in [0.05, 0.1) is 17.9 Å². The van der Waals surface area contributed by atoms with E-state index in [9.17, 15) is 4.79 Å².